The van der Waals surface area contributed by atoms with Crippen LogP contribution in [0, 0.1) is 0 Å². The van der Waals surface area contributed by atoms with Crippen molar-refractivity contribution in [2.75, 3.05) is 5.32 Å². The van der Waals surface area contributed by atoms with Gasteiger partial charge in [-0.1, -0.05) is 0 Å². The lowest BCUT2D eigenvalue weighted by Gasteiger charge is -2.05. The molecular weight excluding hydrogens is 258 g/mol. The van der Waals surface area contributed by atoms with Gasteiger partial charge in [0.2, 0.25) is 0 Å². The van der Waals surface area contributed by atoms with Crippen molar-refractivity contribution in [1.29, 1.82) is 0 Å². The van der Waals surface area contributed by atoms with Gasteiger partial charge in [-0.3, -0.25) is 14.3 Å². The molecule has 0 saturated carbocycles. The predicted molar refractivity (Wildman–Crippen MR) is 73.6 cm³/mol. The van der Waals surface area contributed by atoms with Crippen molar-refractivity contribution >= 4 is 22.7 Å². The Hall–Kier alpha value is -2.89. The van der Waals surface area contributed by atoms with Gasteiger partial charge in [-0.25, -0.2) is 4.79 Å². The summed E-state index contributed by atoms with van der Waals surface area (Å²) in [5.74, 6) is -0.669. The fraction of sp³-hybridized carbons (Fsp3) is 0.0714. The van der Waals surface area contributed by atoms with Crippen LogP contribution in [0.4, 0.5) is 5.69 Å². The third-order valence-electron chi connectivity index (χ3n) is 2.99. The van der Waals surface area contributed by atoms with E-state index in [9.17, 15) is 9.59 Å². The molecule has 6 nitrogen and oxygen atoms in total. The van der Waals surface area contributed by atoms with Crippen LogP contribution in [0.3, 0.4) is 0 Å². The molecule has 0 fully saturated rings. The molecule has 100 valence electrons. The number of hydrogen-bond acceptors (Lipinski definition) is 4. The largest absolute Gasteiger partial charge is 0.419 e. The molecule has 1 aromatic carbocycles. The van der Waals surface area contributed by atoms with Crippen LogP contribution in [0.2, 0.25) is 0 Å². The van der Waals surface area contributed by atoms with Gasteiger partial charge >= 0.3 is 5.76 Å². The average molecular weight is 269 g/mol. The Morgan fingerprint density at radius 2 is 2.00 bits per heavy atom. The van der Waals surface area contributed by atoms with E-state index in [-0.39, 0.29) is 5.91 Å². The Bertz CT molecular complexity index is 834. The molecule has 3 rings (SSSR count). The van der Waals surface area contributed by atoms with Crippen molar-refractivity contribution in [1.82, 2.24) is 9.55 Å². The summed E-state index contributed by atoms with van der Waals surface area (Å²) in [7, 11) is 1.61. The van der Waals surface area contributed by atoms with Gasteiger partial charge in [-0.15, -0.1) is 0 Å². The first-order valence-electron chi connectivity index (χ1n) is 5.96. The number of anilines is 1. The summed E-state index contributed by atoms with van der Waals surface area (Å²) in [6.45, 7) is 0. The second-order valence-electron chi connectivity index (χ2n) is 4.30. The van der Waals surface area contributed by atoms with Crippen molar-refractivity contribution in [2.24, 2.45) is 7.05 Å². The number of hydrogen-bond donors (Lipinski definition) is 1. The molecule has 0 bridgehead atoms. The number of pyridine rings is 1. The Morgan fingerprint density at radius 3 is 2.75 bits per heavy atom. The van der Waals surface area contributed by atoms with Crippen molar-refractivity contribution in [3.05, 3.63) is 58.8 Å². The van der Waals surface area contributed by atoms with Crippen LogP contribution in [0.1, 0.15) is 10.4 Å². The van der Waals surface area contributed by atoms with E-state index in [0.717, 1.165) is 0 Å². The molecule has 0 aliphatic heterocycles. The first kappa shape index (κ1) is 12.2. The van der Waals surface area contributed by atoms with Crippen LogP contribution in [-0.2, 0) is 7.05 Å². The summed E-state index contributed by atoms with van der Waals surface area (Å²) in [5, 5.41) is 2.76. The first-order valence-corrected chi connectivity index (χ1v) is 5.96. The average Bonchev–Trinajstić information content (AvgIpc) is 2.75. The predicted octanol–water partition coefficient (Wildman–Crippen LogP) is 1.78. The Balaban J connectivity index is 1.93. The number of aromatic nitrogens is 2. The SMILES string of the molecule is Cn1c(=O)oc2ccc(NC(=O)c3ccncc3)cc21. The van der Waals surface area contributed by atoms with Crippen LogP contribution in [0.25, 0.3) is 11.1 Å². The first-order chi connectivity index (χ1) is 9.65. The Morgan fingerprint density at radius 1 is 1.25 bits per heavy atom. The zero-order valence-corrected chi connectivity index (χ0v) is 10.7. The van der Waals surface area contributed by atoms with Crippen LogP contribution >= 0.6 is 0 Å². The number of amides is 1. The van der Waals surface area contributed by atoms with Gasteiger partial charge in [0.1, 0.15) is 0 Å². The Kier molecular flexibility index (Phi) is 2.83. The molecule has 6 heteroatoms. The maximum atomic E-state index is 12.0. The molecule has 1 N–H and O–H groups in total. The third-order valence-corrected chi connectivity index (χ3v) is 2.99. The van der Waals surface area contributed by atoms with E-state index < -0.39 is 5.76 Å². The second kappa shape index (κ2) is 4.65. The minimum Gasteiger partial charge on any atom is -0.408 e. The summed E-state index contributed by atoms with van der Waals surface area (Å²) in [6.07, 6.45) is 3.11. The number of carbonyl (C=O) groups is 1. The van der Waals surface area contributed by atoms with E-state index in [0.29, 0.717) is 22.4 Å². The van der Waals surface area contributed by atoms with E-state index in [1.54, 1.807) is 49.8 Å². The molecule has 0 unspecified atom stereocenters. The van der Waals surface area contributed by atoms with Gasteiger partial charge in [0, 0.05) is 30.7 Å². The highest BCUT2D eigenvalue weighted by Gasteiger charge is 2.09. The van der Waals surface area contributed by atoms with E-state index >= 15 is 0 Å². The van der Waals surface area contributed by atoms with E-state index in [1.807, 2.05) is 0 Å². The van der Waals surface area contributed by atoms with Gasteiger partial charge in [0.05, 0.1) is 5.52 Å². The highest BCUT2D eigenvalue weighted by molar-refractivity contribution is 6.04. The van der Waals surface area contributed by atoms with Crippen LogP contribution in [-0.4, -0.2) is 15.5 Å². The number of carbonyl (C=O) groups excluding carboxylic acids is 1. The topological polar surface area (TPSA) is 77.1 Å². The second-order valence-corrected chi connectivity index (χ2v) is 4.30. The molecule has 0 aliphatic rings. The van der Waals surface area contributed by atoms with E-state index in [1.165, 1.54) is 4.57 Å². The van der Waals surface area contributed by atoms with Gasteiger partial charge in [-0.05, 0) is 30.3 Å². The van der Waals surface area contributed by atoms with Crippen molar-refractivity contribution in [3.63, 3.8) is 0 Å². The standard InChI is InChI=1S/C14H11N3O3/c1-17-11-8-10(2-3-12(11)20-14(17)19)16-13(18)9-4-6-15-7-5-9/h2-8H,1H3,(H,16,18). The summed E-state index contributed by atoms with van der Waals surface area (Å²) in [5.41, 5.74) is 2.22. The molecule has 1 amide bonds. The smallest absolute Gasteiger partial charge is 0.408 e. The lowest BCUT2D eigenvalue weighted by molar-refractivity contribution is 0.102. The fourth-order valence-electron chi connectivity index (χ4n) is 1.91. The van der Waals surface area contributed by atoms with Crippen molar-refractivity contribution in [2.45, 2.75) is 0 Å². The molecule has 0 spiro atoms. The zero-order chi connectivity index (χ0) is 14.1. The molecule has 2 aromatic heterocycles. The maximum absolute atomic E-state index is 12.0. The number of benzene rings is 1. The molecule has 0 radical (unpaired) electrons. The van der Waals surface area contributed by atoms with Crippen LogP contribution < -0.4 is 11.1 Å². The monoisotopic (exact) mass is 269 g/mol. The number of aryl methyl sites for hydroxylation is 1. The number of fused-ring (bicyclic) bond motifs is 1. The molecule has 20 heavy (non-hydrogen) atoms. The van der Waals surface area contributed by atoms with Gasteiger partial charge < -0.3 is 9.73 Å². The summed E-state index contributed by atoms with van der Waals surface area (Å²) < 4.78 is 6.42. The molecule has 2 heterocycles. The molecule has 0 atom stereocenters. The zero-order valence-electron chi connectivity index (χ0n) is 10.7. The molecular formula is C14H11N3O3. The van der Waals surface area contributed by atoms with Crippen molar-refractivity contribution in [3.8, 4) is 0 Å². The number of nitrogens with one attached hydrogen (secondary N) is 1. The summed E-state index contributed by atoms with van der Waals surface area (Å²) in [4.78, 5) is 27.3. The normalized spacial score (nSPS) is 10.7. The maximum Gasteiger partial charge on any atom is 0.419 e. The highest BCUT2D eigenvalue weighted by atomic mass is 16.4. The fourth-order valence-corrected chi connectivity index (χ4v) is 1.91. The van der Waals surface area contributed by atoms with Crippen LogP contribution in [0.5, 0.6) is 0 Å². The lowest BCUT2D eigenvalue weighted by Crippen LogP contribution is -2.12. The Labute approximate surface area is 113 Å². The lowest BCUT2D eigenvalue weighted by atomic mass is 10.2. The number of oxazole rings is 1. The van der Waals surface area contributed by atoms with Gasteiger partial charge in [0.25, 0.3) is 5.91 Å². The van der Waals surface area contributed by atoms with E-state index in [4.69, 9.17) is 4.42 Å². The van der Waals surface area contributed by atoms with Crippen molar-refractivity contribution < 1.29 is 9.21 Å². The van der Waals surface area contributed by atoms with Gasteiger partial charge in [0.15, 0.2) is 5.58 Å². The third kappa shape index (κ3) is 2.07. The summed E-state index contributed by atoms with van der Waals surface area (Å²) >= 11 is 0. The number of nitrogens with zero attached hydrogens (tertiary/aromatic N) is 2. The van der Waals surface area contributed by atoms with Crippen LogP contribution in [0.15, 0.2) is 51.9 Å². The van der Waals surface area contributed by atoms with Gasteiger partial charge in [-0.2, -0.15) is 0 Å². The molecule has 0 aliphatic carbocycles. The number of rotatable bonds is 2. The molecule has 0 saturated heterocycles. The highest BCUT2D eigenvalue weighted by Crippen LogP contribution is 2.18. The van der Waals surface area contributed by atoms with E-state index in [2.05, 4.69) is 10.3 Å². The quantitative estimate of drug-likeness (QED) is 0.769. The molecule has 3 aromatic rings. The minimum absolute atomic E-state index is 0.236. The minimum atomic E-state index is -0.433. The summed E-state index contributed by atoms with van der Waals surface area (Å²) in [6, 6.07) is 8.28.